The van der Waals surface area contributed by atoms with E-state index in [1.165, 1.54) is 13.1 Å². The van der Waals surface area contributed by atoms with Crippen molar-refractivity contribution in [2.24, 2.45) is 5.92 Å². The molecule has 1 aromatic carbocycles. The maximum atomic E-state index is 13.4. The summed E-state index contributed by atoms with van der Waals surface area (Å²) < 4.78 is 41.6. The summed E-state index contributed by atoms with van der Waals surface area (Å²) in [6.07, 6.45) is 2.99. The Morgan fingerprint density at radius 1 is 1.12 bits per heavy atom. The molecule has 0 amide bonds. The van der Waals surface area contributed by atoms with Gasteiger partial charge in [0.15, 0.2) is 17.5 Å². The van der Waals surface area contributed by atoms with Gasteiger partial charge in [-0.25, -0.2) is 13.2 Å². The molecule has 0 radical (unpaired) electrons. The lowest BCUT2D eigenvalue weighted by molar-refractivity contribution is -0.120. The first-order valence-corrected chi connectivity index (χ1v) is 7.33. The number of aromatic nitrogens is 3. The van der Waals surface area contributed by atoms with E-state index in [0.29, 0.717) is 23.1 Å². The van der Waals surface area contributed by atoms with Gasteiger partial charge in [-0.05, 0) is 30.7 Å². The molecule has 3 rings (SSSR count). The number of ketones is 1. The van der Waals surface area contributed by atoms with E-state index >= 15 is 0 Å². The summed E-state index contributed by atoms with van der Waals surface area (Å²) in [5.41, 5.74) is 1.83. The van der Waals surface area contributed by atoms with Gasteiger partial charge in [0.25, 0.3) is 0 Å². The van der Waals surface area contributed by atoms with Crippen LogP contribution in [0.2, 0.25) is 0 Å². The van der Waals surface area contributed by atoms with Crippen LogP contribution in [0.15, 0.2) is 30.6 Å². The highest BCUT2D eigenvalue weighted by Gasteiger charge is 2.15. The minimum atomic E-state index is -1.51. The van der Waals surface area contributed by atoms with Gasteiger partial charge in [-0.15, -0.1) is 0 Å². The molecule has 0 saturated carbocycles. The molecule has 0 unspecified atom stereocenters. The molecule has 124 valence electrons. The van der Waals surface area contributed by atoms with Gasteiger partial charge in [0.05, 0.1) is 18.3 Å². The topological polar surface area (TPSA) is 47.8 Å². The summed E-state index contributed by atoms with van der Waals surface area (Å²) in [5, 5.41) is 4.20. The smallest absolute Gasteiger partial charge is 0.194 e. The van der Waals surface area contributed by atoms with Gasteiger partial charge < -0.3 is 0 Å². The molecule has 0 N–H and O–H groups in total. The van der Waals surface area contributed by atoms with E-state index in [1.54, 1.807) is 23.9 Å². The fourth-order valence-electron chi connectivity index (χ4n) is 2.37. The van der Waals surface area contributed by atoms with Crippen molar-refractivity contribution in [3.8, 4) is 11.1 Å². The summed E-state index contributed by atoms with van der Waals surface area (Å²) in [5.74, 6) is -4.22. The molecular weight excluding hydrogens is 319 g/mol. The van der Waals surface area contributed by atoms with Crippen LogP contribution in [0.4, 0.5) is 13.2 Å². The number of pyridine rings is 1. The molecule has 1 atom stereocenters. The largest absolute Gasteiger partial charge is 0.300 e. The predicted octanol–water partition coefficient (Wildman–Crippen LogP) is 3.74. The number of halogens is 3. The fraction of sp³-hybridized carbons (Fsp3) is 0.235. The minimum Gasteiger partial charge on any atom is -0.300 e. The maximum Gasteiger partial charge on any atom is 0.194 e. The van der Waals surface area contributed by atoms with Crippen molar-refractivity contribution in [1.29, 1.82) is 0 Å². The Morgan fingerprint density at radius 2 is 1.79 bits per heavy atom. The van der Waals surface area contributed by atoms with Crippen LogP contribution in [0.1, 0.15) is 13.8 Å². The fourth-order valence-corrected chi connectivity index (χ4v) is 2.37. The number of Topliss-reactive ketones (excluding diaryl/α,β-unsaturated/α-hetero) is 1. The van der Waals surface area contributed by atoms with Crippen LogP contribution in [0.3, 0.4) is 0 Å². The van der Waals surface area contributed by atoms with Crippen LogP contribution < -0.4 is 0 Å². The first kappa shape index (κ1) is 16.2. The van der Waals surface area contributed by atoms with Gasteiger partial charge in [0.1, 0.15) is 11.3 Å². The lowest BCUT2D eigenvalue weighted by atomic mass is 10.1. The summed E-state index contributed by atoms with van der Waals surface area (Å²) in [7, 11) is 0. The van der Waals surface area contributed by atoms with Crippen molar-refractivity contribution in [2.75, 3.05) is 0 Å². The van der Waals surface area contributed by atoms with Crippen LogP contribution >= 0.6 is 0 Å². The summed E-state index contributed by atoms with van der Waals surface area (Å²) in [4.78, 5) is 15.6. The average Bonchev–Trinajstić information content (AvgIpc) is 2.94. The van der Waals surface area contributed by atoms with Crippen molar-refractivity contribution in [2.45, 2.75) is 20.4 Å². The molecule has 3 aromatic rings. The SMILES string of the molecule is CC(=O)[C@@H](C)Cn1ncc2ncc(-c3cc(F)c(F)c(F)c3)cc21. The van der Waals surface area contributed by atoms with Gasteiger partial charge in [-0.2, -0.15) is 5.10 Å². The average molecular weight is 333 g/mol. The second-order valence-electron chi connectivity index (χ2n) is 5.72. The minimum absolute atomic E-state index is 0.0328. The normalized spacial score (nSPS) is 12.5. The summed E-state index contributed by atoms with van der Waals surface area (Å²) in [6.45, 7) is 3.66. The Labute approximate surface area is 135 Å². The number of hydrogen-bond acceptors (Lipinski definition) is 3. The van der Waals surface area contributed by atoms with Crippen molar-refractivity contribution in [3.05, 3.63) is 48.0 Å². The Morgan fingerprint density at radius 3 is 2.42 bits per heavy atom. The third-order valence-corrected chi connectivity index (χ3v) is 3.95. The summed E-state index contributed by atoms with van der Waals surface area (Å²) in [6, 6.07) is 3.49. The number of hydrogen-bond donors (Lipinski definition) is 0. The standard InChI is InChI=1S/C17H14F3N3O/c1-9(10(2)24)8-23-16-5-12(6-21-15(16)7-22-23)11-3-13(18)17(20)14(19)4-11/h3-7,9H,8H2,1-2H3/t9-/m0/s1. The number of carbonyl (C=O) groups is 1. The number of carbonyl (C=O) groups excluding carboxylic acids is 1. The van der Waals surface area contributed by atoms with Gasteiger partial charge in [0, 0.05) is 17.7 Å². The molecule has 0 aliphatic rings. The van der Waals surface area contributed by atoms with Crippen LogP contribution in [0.25, 0.3) is 22.2 Å². The van der Waals surface area contributed by atoms with E-state index < -0.39 is 17.5 Å². The zero-order valence-electron chi connectivity index (χ0n) is 13.1. The lowest BCUT2D eigenvalue weighted by Crippen LogP contribution is -2.15. The molecule has 0 aliphatic heterocycles. The number of nitrogens with zero attached hydrogens (tertiary/aromatic N) is 3. The Hall–Kier alpha value is -2.70. The highest BCUT2D eigenvalue weighted by molar-refractivity contribution is 5.81. The predicted molar refractivity (Wildman–Crippen MR) is 82.7 cm³/mol. The van der Waals surface area contributed by atoms with E-state index in [4.69, 9.17) is 0 Å². The monoisotopic (exact) mass is 333 g/mol. The molecular formula is C17H14F3N3O. The van der Waals surface area contributed by atoms with Crippen molar-refractivity contribution >= 4 is 16.8 Å². The number of rotatable bonds is 4. The second kappa shape index (κ2) is 6.07. The maximum absolute atomic E-state index is 13.4. The van der Waals surface area contributed by atoms with Gasteiger partial charge in [-0.1, -0.05) is 6.92 Å². The van der Waals surface area contributed by atoms with E-state index in [2.05, 4.69) is 10.1 Å². The number of benzene rings is 1. The molecule has 0 bridgehead atoms. The molecule has 0 spiro atoms. The van der Waals surface area contributed by atoms with Crippen LogP contribution in [-0.4, -0.2) is 20.5 Å². The molecule has 4 nitrogen and oxygen atoms in total. The lowest BCUT2D eigenvalue weighted by Gasteiger charge is -2.09. The molecule has 0 aliphatic carbocycles. The van der Waals surface area contributed by atoms with Crippen LogP contribution in [-0.2, 0) is 11.3 Å². The highest BCUT2D eigenvalue weighted by Crippen LogP contribution is 2.26. The Balaban J connectivity index is 2.06. The van der Waals surface area contributed by atoms with E-state index in [0.717, 1.165) is 12.1 Å². The third-order valence-electron chi connectivity index (χ3n) is 3.95. The van der Waals surface area contributed by atoms with E-state index in [-0.39, 0.29) is 17.3 Å². The number of fused-ring (bicyclic) bond motifs is 1. The third kappa shape index (κ3) is 2.89. The summed E-state index contributed by atoms with van der Waals surface area (Å²) >= 11 is 0. The second-order valence-corrected chi connectivity index (χ2v) is 5.72. The Kier molecular flexibility index (Phi) is 4.09. The molecule has 7 heteroatoms. The van der Waals surface area contributed by atoms with Crippen LogP contribution in [0, 0.1) is 23.4 Å². The molecule has 24 heavy (non-hydrogen) atoms. The Bertz CT molecular complexity index is 913. The van der Waals surface area contributed by atoms with Gasteiger partial charge in [-0.3, -0.25) is 14.5 Å². The molecule has 0 saturated heterocycles. The molecule has 0 fully saturated rings. The van der Waals surface area contributed by atoms with Crippen molar-refractivity contribution < 1.29 is 18.0 Å². The molecule has 2 heterocycles. The van der Waals surface area contributed by atoms with Gasteiger partial charge >= 0.3 is 0 Å². The first-order chi connectivity index (χ1) is 11.4. The van der Waals surface area contributed by atoms with Gasteiger partial charge in [0.2, 0.25) is 0 Å². The quantitative estimate of drug-likeness (QED) is 0.683. The first-order valence-electron chi connectivity index (χ1n) is 7.33. The zero-order chi connectivity index (χ0) is 17.4. The van der Waals surface area contributed by atoms with E-state index in [1.807, 2.05) is 0 Å². The molecule has 2 aromatic heterocycles. The van der Waals surface area contributed by atoms with Crippen LogP contribution in [0.5, 0.6) is 0 Å². The van der Waals surface area contributed by atoms with Crippen molar-refractivity contribution in [3.63, 3.8) is 0 Å². The van der Waals surface area contributed by atoms with Crippen molar-refractivity contribution in [1.82, 2.24) is 14.8 Å². The highest BCUT2D eigenvalue weighted by atomic mass is 19.2. The van der Waals surface area contributed by atoms with E-state index in [9.17, 15) is 18.0 Å². The zero-order valence-corrected chi connectivity index (χ0v) is 13.1.